The Morgan fingerprint density at radius 2 is 1.88 bits per heavy atom. The highest BCUT2D eigenvalue weighted by Crippen LogP contribution is 2.13. The highest BCUT2D eigenvalue weighted by molar-refractivity contribution is 7.85. The van der Waals surface area contributed by atoms with Crippen LogP contribution in [0.5, 0.6) is 0 Å². The molecule has 0 radical (unpaired) electrons. The Morgan fingerprint density at radius 1 is 1.31 bits per heavy atom. The number of hydrogen-bond acceptors (Lipinski definition) is 3. The van der Waals surface area contributed by atoms with Gasteiger partial charge in [-0.05, 0) is 31.2 Å². The van der Waals surface area contributed by atoms with Gasteiger partial charge in [0.1, 0.15) is 0 Å². The topological polar surface area (TPSA) is 43.4 Å². The maximum absolute atomic E-state index is 11.7. The SMILES string of the molecule is CCOC(=O)c1ccc(S(=O)C(C)C)cc1. The average Bonchev–Trinajstić information content (AvgIpc) is 2.28. The first-order valence-corrected chi connectivity index (χ1v) is 6.45. The van der Waals surface area contributed by atoms with Crippen molar-refractivity contribution in [1.82, 2.24) is 0 Å². The predicted octanol–water partition coefficient (Wildman–Crippen LogP) is 2.38. The summed E-state index contributed by atoms with van der Waals surface area (Å²) in [5.74, 6) is -0.343. The van der Waals surface area contributed by atoms with E-state index in [0.717, 1.165) is 4.90 Å². The molecule has 0 spiro atoms. The number of hydrogen-bond donors (Lipinski definition) is 0. The number of benzene rings is 1. The molecule has 1 aromatic rings. The molecule has 1 aromatic carbocycles. The Balaban J connectivity index is 2.83. The molecule has 0 aromatic heterocycles. The molecule has 0 saturated heterocycles. The summed E-state index contributed by atoms with van der Waals surface area (Å²) in [7, 11) is -1.01. The van der Waals surface area contributed by atoms with E-state index in [2.05, 4.69) is 0 Å². The number of rotatable bonds is 4. The van der Waals surface area contributed by atoms with Crippen molar-refractivity contribution in [3.63, 3.8) is 0 Å². The lowest BCUT2D eigenvalue weighted by Crippen LogP contribution is -2.07. The van der Waals surface area contributed by atoms with Gasteiger partial charge < -0.3 is 4.74 Å². The zero-order valence-corrected chi connectivity index (χ0v) is 10.5. The molecule has 0 fully saturated rings. The zero-order chi connectivity index (χ0) is 12.1. The van der Waals surface area contributed by atoms with Crippen LogP contribution < -0.4 is 0 Å². The van der Waals surface area contributed by atoms with E-state index < -0.39 is 10.8 Å². The van der Waals surface area contributed by atoms with Gasteiger partial charge in [-0.3, -0.25) is 4.21 Å². The van der Waals surface area contributed by atoms with Gasteiger partial charge in [-0.2, -0.15) is 0 Å². The average molecular weight is 240 g/mol. The smallest absolute Gasteiger partial charge is 0.338 e. The van der Waals surface area contributed by atoms with Crippen molar-refractivity contribution in [2.45, 2.75) is 30.9 Å². The second-order valence-electron chi connectivity index (χ2n) is 3.59. The minimum absolute atomic E-state index is 0.0773. The van der Waals surface area contributed by atoms with Crippen LogP contribution in [0, 0.1) is 0 Å². The molecule has 0 saturated carbocycles. The van der Waals surface area contributed by atoms with E-state index in [1.807, 2.05) is 13.8 Å². The molecule has 0 N–H and O–H groups in total. The number of carbonyl (C=O) groups is 1. The van der Waals surface area contributed by atoms with Gasteiger partial charge in [0.25, 0.3) is 0 Å². The van der Waals surface area contributed by atoms with E-state index in [1.54, 1.807) is 31.2 Å². The Bertz CT molecular complexity index is 382. The van der Waals surface area contributed by atoms with E-state index in [1.165, 1.54) is 0 Å². The third-order valence-electron chi connectivity index (χ3n) is 2.03. The Labute approximate surface area is 98.3 Å². The van der Waals surface area contributed by atoms with Gasteiger partial charge in [-0.1, -0.05) is 13.8 Å². The monoisotopic (exact) mass is 240 g/mol. The van der Waals surface area contributed by atoms with E-state index in [-0.39, 0.29) is 11.2 Å². The summed E-state index contributed by atoms with van der Waals surface area (Å²) < 4.78 is 16.6. The van der Waals surface area contributed by atoms with Crippen LogP contribution in [-0.4, -0.2) is 22.0 Å². The molecule has 0 bridgehead atoms. The summed E-state index contributed by atoms with van der Waals surface area (Å²) in [6, 6.07) is 6.71. The highest BCUT2D eigenvalue weighted by atomic mass is 32.2. The second-order valence-corrected chi connectivity index (χ2v) is 5.60. The summed E-state index contributed by atoms with van der Waals surface area (Å²) >= 11 is 0. The first kappa shape index (κ1) is 12.9. The highest BCUT2D eigenvalue weighted by Gasteiger charge is 2.10. The molecular weight excluding hydrogens is 224 g/mol. The van der Waals surface area contributed by atoms with Gasteiger partial charge in [-0.25, -0.2) is 4.79 Å². The van der Waals surface area contributed by atoms with Gasteiger partial charge in [0.2, 0.25) is 0 Å². The summed E-state index contributed by atoms with van der Waals surface area (Å²) in [6.07, 6.45) is 0. The summed E-state index contributed by atoms with van der Waals surface area (Å²) in [4.78, 5) is 12.1. The summed E-state index contributed by atoms with van der Waals surface area (Å²) in [6.45, 7) is 5.92. The molecule has 1 unspecified atom stereocenters. The molecule has 1 rings (SSSR count). The quantitative estimate of drug-likeness (QED) is 0.759. The molecular formula is C12H16O3S. The normalized spacial score (nSPS) is 12.5. The lowest BCUT2D eigenvalue weighted by atomic mass is 10.2. The molecule has 3 nitrogen and oxygen atoms in total. The summed E-state index contributed by atoms with van der Waals surface area (Å²) in [5.41, 5.74) is 0.492. The first-order valence-electron chi connectivity index (χ1n) is 5.24. The van der Waals surface area contributed by atoms with Crippen molar-refractivity contribution in [3.8, 4) is 0 Å². The molecule has 4 heteroatoms. The maximum Gasteiger partial charge on any atom is 0.338 e. The minimum Gasteiger partial charge on any atom is -0.462 e. The van der Waals surface area contributed by atoms with Gasteiger partial charge in [-0.15, -0.1) is 0 Å². The van der Waals surface area contributed by atoms with Crippen LogP contribution in [0.25, 0.3) is 0 Å². The van der Waals surface area contributed by atoms with Gasteiger partial charge in [0.05, 0.1) is 23.0 Å². The van der Waals surface area contributed by atoms with E-state index >= 15 is 0 Å². The standard InChI is InChI=1S/C12H16O3S/c1-4-15-12(13)10-5-7-11(8-6-10)16(14)9(2)3/h5-9H,4H2,1-3H3. The van der Waals surface area contributed by atoms with Crippen molar-refractivity contribution in [2.24, 2.45) is 0 Å². The van der Waals surface area contributed by atoms with E-state index in [0.29, 0.717) is 12.2 Å². The van der Waals surface area contributed by atoms with Crippen molar-refractivity contribution < 1.29 is 13.7 Å². The van der Waals surface area contributed by atoms with Crippen LogP contribution in [0.1, 0.15) is 31.1 Å². The van der Waals surface area contributed by atoms with Crippen LogP contribution >= 0.6 is 0 Å². The Hall–Kier alpha value is -1.16. The van der Waals surface area contributed by atoms with Crippen LogP contribution in [-0.2, 0) is 15.5 Å². The molecule has 16 heavy (non-hydrogen) atoms. The van der Waals surface area contributed by atoms with Gasteiger partial charge in [0, 0.05) is 10.1 Å². The molecule has 1 atom stereocenters. The zero-order valence-electron chi connectivity index (χ0n) is 9.73. The lowest BCUT2D eigenvalue weighted by molar-refractivity contribution is 0.0526. The second kappa shape index (κ2) is 5.80. The van der Waals surface area contributed by atoms with E-state index in [9.17, 15) is 9.00 Å². The number of esters is 1. The molecule has 0 aliphatic rings. The molecule has 88 valence electrons. The summed E-state index contributed by atoms with van der Waals surface area (Å²) in [5, 5.41) is 0.0773. The van der Waals surface area contributed by atoms with Crippen molar-refractivity contribution in [2.75, 3.05) is 6.61 Å². The van der Waals surface area contributed by atoms with Crippen molar-refractivity contribution in [1.29, 1.82) is 0 Å². The number of carbonyl (C=O) groups excluding carboxylic acids is 1. The maximum atomic E-state index is 11.7. The fraction of sp³-hybridized carbons (Fsp3) is 0.417. The first-order chi connectivity index (χ1) is 7.56. The molecule has 0 amide bonds. The minimum atomic E-state index is -1.01. The fourth-order valence-electron chi connectivity index (χ4n) is 1.21. The Kier molecular flexibility index (Phi) is 4.68. The van der Waals surface area contributed by atoms with E-state index in [4.69, 9.17) is 4.74 Å². The molecule has 0 aliphatic carbocycles. The van der Waals surface area contributed by atoms with Gasteiger partial charge in [0.15, 0.2) is 0 Å². The lowest BCUT2D eigenvalue weighted by Gasteiger charge is -2.06. The molecule has 0 heterocycles. The fourth-order valence-corrected chi connectivity index (χ4v) is 2.16. The van der Waals surface area contributed by atoms with Crippen molar-refractivity contribution >= 4 is 16.8 Å². The van der Waals surface area contributed by atoms with Crippen LogP contribution in [0.2, 0.25) is 0 Å². The van der Waals surface area contributed by atoms with Crippen LogP contribution in [0.4, 0.5) is 0 Å². The predicted molar refractivity (Wildman–Crippen MR) is 63.9 cm³/mol. The third kappa shape index (κ3) is 3.17. The van der Waals surface area contributed by atoms with Crippen LogP contribution in [0.3, 0.4) is 0 Å². The number of ether oxygens (including phenoxy) is 1. The molecule has 0 aliphatic heterocycles. The largest absolute Gasteiger partial charge is 0.462 e. The third-order valence-corrected chi connectivity index (χ3v) is 3.62. The van der Waals surface area contributed by atoms with Gasteiger partial charge >= 0.3 is 5.97 Å². The Morgan fingerprint density at radius 3 is 2.31 bits per heavy atom. The van der Waals surface area contributed by atoms with Crippen molar-refractivity contribution in [3.05, 3.63) is 29.8 Å². The van der Waals surface area contributed by atoms with Crippen LogP contribution in [0.15, 0.2) is 29.2 Å².